The monoisotopic (exact) mass is 412 g/mol. The fourth-order valence-electron chi connectivity index (χ4n) is 3.73. The molecule has 0 radical (unpaired) electrons. The van der Waals surface area contributed by atoms with E-state index < -0.39 is 12.1 Å². The van der Waals surface area contributed by atoms with Crippen molar-refractivity contribution < 1.29 is 19.4 Å². The molecule has 0 spiro atoms. The number of carboxylic acid groups (broad SMARTS) is 1. The van der Waals surface area contributed by atoms with Gasteiger partial charge in [-0.05, 0) is 19.3 Å². The van der Waals surface area contributed by atoms with Crippen LogP contribution < -0.4 is 0 Å². The minimum absolute atomic E-state index is 0.0694. The van der Waals surface area contributed by atoms with Crippen LogP contribution in [0.2, 0.25) is 0 Å². The van der Waals surface area contributed by atoms with E-state index in [4.69, 9.17) is 9.84 Å². The van der Waals surface area contributed by atoms with Crippen molar-refractivity contribution in [2.24, 2.45) is 0 Å². The predicted octanol–water partition coefficient (Wildman–Crippen LogP) is 7.82. The molecule has 0 aliphatic rings. The lowest BCUT2D eigenvalue weighted by atomic mass is 10.0. The average molecular weight is 413 g/mol. The van der Waals surface area contributed by atoms with Crippen molar-refractivity contribution in [2.45, 2.75) is 148 Å². The van der Waals surface area contributed by atoms with Crippen molar-refractivity contribution >= 4 is 11.9 Å². The molecule has 0 rings (SSSR count). The van der Waals surface area contributed by atoms with Crippen LogP contribution in [-0.4, -0.2) is 23.1 Å². The highest BCUT2D eigenvalue weighted by atomic mass is 16.5. The van der Waals surface area contributed by atoms with Gasteiger partial charge in [0.1, 0.15) is 6.10 Å². The third-order valence-corrected chi connectivity index (χ3v) is 5.56. The van der Waals surface area contributed by atoms with Crippen LogP contribution in [0, 0.1) is 0 Å². The van der Waals surface area contributed by atoms with Gasteiger partial charge in [-0.1, -0.05) is 110 Å². The summed E-state index contributed by atoms with van der Waals surface area (Å²) in [6, 6.07) is 0. The van der Waals surface area contributed by atoms with E-state index in [9.17, 15) is 9.59 Å². The molecule has 0 fully saturated rings. The number of hydrogen-bond donors (Lipinski definition) is 1. The van der Waals surface area contributed by atoms with Crippen molar-refractivity contribution in [2.75, 3.05) is 0 Å². The Balaban J connectivity index is 3.74. The van der Waals surface area contributed by atoms with Gasteiger partial charge in [-0.2, -0.15) is 0 Å². The third-order valence-electron chi connectivity index (χ3n) is 5.56. The molecule has 1 unspecified atom stereocenters. The number of unbranched alkanes of at least 4 members (excludes halogenated alkanes) is 15. The SMILES string of the molecule is CCCCCCCCCCCCCC(CC(=O)O)OC(=O)CCCCCCCC. The van der Waals surface area contributed by atoms with Crippen molar-refractivity contribution in [3.8, 4) is 0 Å². The molecule has 0 aliphatic heterocycles. The average Bonchev–Trinajstić information content (AvgIpc) is 2.68. The molecule has 0 saturated heterocycles. The summed E-state index contributed by atoms with van der Waals surface area (Å²) >= 11 is 0. The van der Waals surface area contributed by atoms with Gasteiger partial charge in [0.05, 0.1) is 6.42 Å². The number of ether oxygens (including phenoxy) is 1. The first kappa shape index (κ1) is 27.9. The maximum absolute atomic E-state index is 12.0. The molecule has 0 aliphatic carbocycles. The molecule has 1 atom stereocenters. The highest BCUT2D eigenvalue weighted by Gasteiger charge is 2.17. The van der Waals surface area contributed by atoms with E-state index in [1.807, 2.05) is 0 Å². The molecular formula is C25H48O4. The summed E-state index contributed by atoms with van der Waals surface area (Å²) in [6.07, 6.45) is 21.2. The Bertz CT molecular complexity index is 381. The van der Waals surface area contributed by atoms with Crippen LogP contribution in [0.1, 0.15) is 142 Å². The Labute approximate surface area is 180 Å². The maximum atomic E-state index is 12.0. The topological polar surface area (TPSA) is 63.6 Å². The Morgan fingerprint density at radius 3 is 1.52 bits per heavy atom. The highest BCUT2D eigenvalue weighted by Crippen LogP contribution is 2.16. The Morgan fingerprint density at radius 2 is 1.07 bits per heavy atom. The largest absolute Gasteiger partial charge is 0.481 e. The van der Waals surface area contributed by atoms with Crippen LogP contribution in [0.4, 0.5) is 0 Å². The summed E-state index contributed by atoms with van der Waals surface area (Å²) in [5, 5.41) is 9.08. The lowest BCUT2D eigenvalue weighted by molar-refractivity contribution is -0.153. The Morgan fingerprint density at radius 1 is 0.655 bits per heavy atom. The standard InChI is InChI=1S/C25H48O4/c1-3-5-7-9-11-12-13-14-15-16-18-20-23(22-24(26)27)29-25(28)21-19-17-10-8-6-4-2/h23H,3-22H2,1-2H3,(H,26,27). The molecule has 0 aromatic rings. The van der Waals surface area contributed by atoms with Gasteiger partial charge in [-0.15, -0.1) is 0 Å². The van der Waals surface area contributed by atoms with Crippen LogP contribution >= 0.6 is 0 Å². The molecule has 4 nitrogen and oxygen atoms in total. The van der Waals surface area contributed by atoms with E-state index in [1.54, 1.807) is 0 Å². The first-order chi connectivity index (χ1) is 14.1. The molecule has 1 N–H and O–H groups in total. The predicted molar refractivity (Wildman–Crippen MR) is 121 cm³/mol. The number of carbonyl (C=O) groups is 2. The van der Waals surface area contributed by atoms with Gasteiger partial charge < -0.3 is 9.84 Å². The number of hydrogen-bond acceptors (Lipinski definition) is 3. The van der Waals surface area contributed by atoms with Gasteiger partial charge in [-0.3, -0.25) is 9.59 Å². The molecule has 0 saturated carbocycles. The van der Waals surface area contributed by atoms with Crippen molar-refractivity contribution in [1.82, 2.24) is 0 Å². The van der Waals surface area contributed by atoms with Crippen LogP contribution in [0.5, 0.6) is 0 Å². The second kappa shape index (κ2) is 21.6. The Kier molecular flexibility index (Phi) is 20.9. The summed E-state index contributed by atoms with van der Waals surface area (Å²) in [6.45, 7) is 4.44. The molecule has 29 heavy (non-hydrogen) atoms. The first-order valence-corrected chi connectivity index (χ1v) is 12.5. The van der Waals surface area contributed by atoms with Crippen molar-refractivity contribution in [1.29, 1.82) is 0 Å². The number of carboxylic acids is 1. The van der Waals surface area contributed by atoms with Gasteiger partial charge >= 0.3 is 11.9 Å². The fraction of sp³-hybridized carbons (Fsp3) is 0.920. The van der Waals surface area contributed by atoms with Crippen LogP contribution in [-0.2, 0) is 14.3 Å². The molecule has 172 valence electrons. The van der Waals surface area contributed by atoms with Crippen molar-refractivity contribution in [3.63, 3.8) is 0 Å². The lowest BCUT2D eigenvalue weighted by Gasteiger charge is -2.16. The minimum atomic E-state index is -0.884. The lowest BCUT2D eigenvalue weighted by Crippen LogP contribution is -2.21. The van der Waals surface area contributed by atoms with E-state index in [0.717, 1.165) is 25.7 Å². The molecular weight excluding hydrogens is 364 g/mol. The summed E-state index contributed by atoms with van der Waals surface area (Å²) < 4.78 is 5.46. The summed E-state index contributed by atoms with van der Waals surface area (Å²) in [5.74, 6) is -1.11. The van der Waals surface area contributed by atoms with Gasteiger partial charge in [0.15, 0.2) is 0 Å². The zero-order valence-electron chi connectivity index (χ0n) is 19.4. The van der Waals surface area contributed by atoms with Gasteiger partial charge in [0.2, 0.25) is 0 Å². The smallest absolute Gasteiger partial charge is 0.307 e. The van der Waals surface area contributed by atoms with Gasteiger partial charge in [0, 0.05) is 6.42 Å². The Hall–Kier alpha value is -1.06. The molecule has 0 aromatic heterocycles. The number of rotatable bonds is 22. The summed E-state index contributed by atoms with van der Waals surface area (Å²) in [4.78, 5) is 23.1. The summed E-state index contributed by atoms with van der Waals surface area (Å²) in [7, 11) is 0. The second-order valence-electron chi connectivity index (χ2n) is 8.55. The van der Waals surface area contributed by atoms with E-state index >= 15 is 0 Å². The van der Waals surface area contributed by atoms with E-state index in [2.05, 4.69) is 13.8 Å². The van der Waals surface area contributed by atoms with Crippen molar-refractivity contribution in [3.05, 3.63) is 0 Å². The normalized spacial score (nSPS) is 12.1. The highest BCUT2D eigenvalue weighted by molar-refractivity contribution is 5.71. The van der Waals surface area contributed by atoms with E-state index in [-0.39, 0.29) is 12.4 Å². The molecule has 4 heteroatoms. The van der Waals surface area contributed by atoms with E-state index in [1.165, 1.54) is 83.5 Å². The zero-order chi connectivity index (χ0) is 21.6. The molecule has 0 amide bonds. The van der Waals surface area contributed by atoms with E-state index in [0.29, 0.717) is 12.8 Å². The molecule has 0 aromatic carbocycles. The summed E-state index contributed by atoms with van der Waals surface area (Å²) in [5.41, 5.74) is 0. The fourth-order valence-corrected chi connectivity index (χ4v) is 3.73. The number of carbonyl (C=O) groups excluding carboxylic acids is 1. The molecule has 0 heterocycles. The number of esters is 1. The second-order valence-corrected chi connectivity index (χ2v) is 8.55. The zero-order valence-corrected chi connectivity index (χ0v) is 19.4. The van der Waals surface area contributed by atoms with Crippen LogP contribution in [0.3, 0.4) is 0 Å². The maximum Gasteiger partial charge on any atom is 0.307 e. The van der Waals surface area contributed by atoms with Gasteiger partial charge in [-0.25, -0.2) is 0 Å². The number of aliphatic carboxylic acids is 1. The van der Waals surface area contributed by atoms with Gasteiger partial charge in [0.25, 0.3) is 0 Å². The first-order valence-electron chi connectivity index (χ1n) is 12.5. The minimum Gasteiger partial charge on any atom is -0.481 e. The quantitative estimate of drug-likeness (QED) is 0.145. The van der Waals surface area contributed by atoms with Crippen LogP contribution in [0.15, 0.2) is 0 Å². The van der Waals surface area contributed by atoms with Crippen LogP contribution in [0.25, 0.3) is 0 Å². The molecule has 0 bridgehead atoms. The third kappa shape index (κ3) is 21.5.